The third-order valence-electron chi connectivity index (χ3n) is 3.98. The molecule has 0 radical (unpaired) electrons. The van der Waals surface area contributed by atoms with E-state index >= 15 is 0 Å². The lowest BCUT2D eigenvalue weighted by Gasteiger charge is -2.28. The van der Waals surface area contributed by atoms with Gasteiger partial charge in [-0.1, -0.05) is 19.8 Å². The first-order valence-electron chi connectivity index (χ1n) is 7.72. The standard InChI is InChI=1S/C14H30N2O2S/c1-3-6-13-7-9-14(10-8-13)16-19(17,18)12-5-4-11-15-2/h13-16H,3-12H2,1-2H3. The minimum absolute atomic E-state index is 0.183. The third kappa shape index (κ3) is 7.28. The van der Waals surface area contributed by atoms with Crippen molar-refractivity contribution in [3.8, 4) is 0 Å². The van der Waals surface area contributed by atoms with Crippen molar-refractivity contribution in [3.63, 3.8) is 0 Å². The Labute approximate surface area is 118 Å². The molecular formula is C14H30N2O2S. The molecule has 0 amide bonds. The van der Waals surface area contributed by atoms with E-state index in [-0.39, 0.29) is 11.8 Å². The van der Waals surface area contributed by atoms with Crippen LogP contribution in [-0.4, -0.2) is 33.8 Å². The maximum absolute atomic E-state index is 11.9. The van der Waals surface area contributed by atoms with Crippen molar-refractivity contribution < 1.29 is 8.42 Å². The molecule has 1 aliphatic carbocycles. The maximum Gasteiger partial charge on any atom is 0.211 e. The van der Waals surface area contributed by atoms with Crippen molar-refractivity contribution in [2.75, 3.05) is 19.3 Å². The number of rotatable bonds is 9. The van der Waals surface area contributed by atoms with E-state index in [4.69, 9.17) is 0 Å². The van der Waals surface area contributed by atoms with Gasteiger partial charge in [0.2, 0.25) is 10.0 Å². The lowest BCUT2D eigenvalue weighted by atomic mass is 9.84. The van der Waals surface area contributed by atoms with E-state index < -0.39 is 10.0 Å². The van der Waals surface area contributed by atoms with Crippen molar-refractivity contribution in [1.29, 1.82) is 0 Å². The highest BCUT2D eigenvalue weighted by molar-refractivity contribution is 7.89. The van der Waals surface area contributed by atoms with E-state index in [0.717, 1.165) is 38.1 Å². The van der Waals surface area contributed by atoms with E-state index in [1.807, 2.05) is 7.05 Å². The Morgan fingerprint density at radius 1 is 1.11 bits per heavy atom. The molecule has 0 saturated heterocycles. The van der Waals surface area contributed by atoms with Crippen molar-refractivity contribution in [3.05, 3.63) is 0 Å². The summed E-state index contributed by atoms with van der Waals surface area (Å²) in [5.41, 5.74) is 0. The minimum Gasteiger partial charge on any atom is -0.320 e. The van der Waals surface area contributed by atoms with Gasteiger partial charge in [-0.15, -0.1) is 0 Å². The SMILES string of the molecule is CCCC1CCC(NS(=O)(=O)CCCCNC)CC1. The second-order valence-corrected chi connectivity index (χ2v) is 7.63. The van der Waals surface area contributed by atoms with Gasteiger partial charge in [-0.2, -0.15) is 0 Å². The van der Waals surface area contributed by atoms with Gasteiger partial charge in [0.05, 0.1) is 5.75 Å². The molecule has 19 heavy (non-hydrogen) atoms. The van der Waals surface area contributed by atoms with Gasteiger partial charge in [0.1, 0.15) is 0 Å². The summed E-state index contributed by atoms with van der Waals surface area (Å²) in [7, 11) is -1.18. The van der Waals surface area contributed by atoms with Crippen LogP contribution in [0.4, 0.5) is 0 Å². The van der Waals surface area contributed by atoms with Gasteiger partial charge in [-0.05, 0) is 58.0 Å². The van der Waals surface area contributed by atoms with Gasteiger partial charge >= 0.3 is 0 Å². The average Bonchev–Trinajstić information content (AvgIpc) is 2.37. The molecule has 114 valence electrons. The Hall–Kier alpha value is -0.130. The number of hydrogen-bond donors (Lipinski definition) is 2. The fourth-order valence-corrected chi connectivity index (χ4v) is 4.33. The number of nitrogens with one attached hydrogen (secondary N) is 2. The molecule has 2 N–H and O–H groups in total. The van der Waals surface area contributed by atoms with Crippen LogP contribution < -0.4 is 10.0 Å². The number of hydrogen-bond acceptors (Lipinski definition) is 3. The first-order chi connectivity index (χ1) is 9.07. The molecule has 5 heteroatoms. The fraction of sp³-hybridized carbons (Fsp3) is 1.00. The smallest absolute Gasteiger partial charge is 0.211 e. The summed E-state index contributed by atoms with van der Waals surface area (Å²) in [5, 5.41) is 3.04. The Kier molecular flexibility index (Phi) is 7.95. The van der Waals surface area contributed by atoms with Crippen molar-refractivity contribution in [2.24, 2.45) is 5.92 Å². The van der Waals surface area contributed by atoms with Crippen LogP contribution in [0.15, 0.2) is 0 Å². The number of unbranched alkanes of at least 4 members (excludes halogenated alkanes) is 1. The quantitative estimate of drug-likeness (QED) is 0.640. The summed E-state index contributed by atoms with van der Waals surface area (Å²) in [6.07, 6.45) is 8.58. The van der Waals surface area contributed by atoms with E-state index in [1.165, 1.54) is 25.7 Å². The monoisotopic (exact) mass is 290 g/mol. The minimum atomic E-state index is -3.07. The van der Waals surface area contributed by atoms with E-state index in [1.54, 1.807) is 0 Å². The van der Waals surface area contributed by atoms with Gasteiger partial charge in [-0.25, -0.2) is 13.1 Å². The van der Waals surface area contributed by atoms with Crippen molar-refractivity contribution in [1.82, 2.24) is 10.0 Å². The van der Waals surface area contributed by atoms with Crippen LogP contribution in [0.5, 0.6) is 0 Å². The van der Waals surface area contributed by atoms with Crippen molar-refractivity contribution >= 4 is 10.0 Å². The molecular weight excluding hydrogens is 260 g/mol. The summed E-state index contributed by atoms with van der Waals surface area (Å²) in [6.45, 7) is 3.11. The largest absolute Gasteiger partial charge is 0.320 e. The Bertz CT molecular complexity index is 322. The van der Waals surface area contributed by atoms with Gasteiger partial charge in [-0.3, -0.25) is 0 Å². The maximum atomic E-state index is 11.9. The van der Waals surface area contributed by atoms with E-state index in [2.05, 4.69) is 17.0 Å². The van der Waals surface area contributed by atoms with Crippen LogP contribution in [0.25, 0.3) is 0 Å². The molecule has 1 saturated carbocycles. The molecule has 1 rings (SSSR count). The van der Waals surface area contributed by atoms with Crippen LogP contribution in [0.2, 0.25) is 0 Å². The highest BCUT2D eigenvalue weighted by Gasteiger charge is 2.23. The Morgan fingerprint density at radius 2 is 1.79 bits per heavy atom. The molecule has 0 aromatic rings. The van der Waals surface area contributed by atoms with Crippen LogP contribution in [-0.2, 0) is 10.0 Å². The van der Waals surface area contributed by atoms with Crippen LogP contribution in [0.1, 0.15) is 58.3 Å². The third-order valence-corrected chi connectivity index (χ3v) is 5.50. The summed E-state index contributed by atoms with van der Waals surface area (Å²) in [5.74, 6) is 1.09. The van der Waals surface area contributed by atoms with Crippen LogP contribution >= 0.6 is 0 Å². The van der Waals surface area contributed by atoms with Crippen LogP contribution in [0.3, 0.4) is 0 Å². The van der Waals surface area contributed by atoms with Crippen LogP contribution in [0, 0.1) is 5.92 Å². The molecule has 0 heterocycles. The molecule has 0 bridgehead atoms. The highest BCUT2D eigenvalue weighted by Crippen LogP contribution is 2.28. The number of sulfonamides is 1. The summed E-state index contributed by atoms with van der Waals surface area (Å²) >= 11 is 0. The predicted octanol–water partition coefficient (Wildman–Crippen LogP) is 2.26. The summed E-state index contributed by atoms with van der Waals surface area (Å²) < 4.78 is 26.8. The molecule has 0 spiro atoms. The molecule has 1 fully saturated rings. The van der Waals surface area contributed by atoms with Gasteiger partial charge in [0, 0.05) is 6.04 Å². The molecule has 0 aromatic heterocycles. The Morgan fingerprint density at radius 3 is 2.37 bits per heavy atom. The summed E-state index contributed by atoms with van der Waals surface area (Å²) in [4.78, 5) is 0. The fourth-order valence-electron chi connectivity index (χ4n) is 2.88. The lowest BCUT2D eigenvalue weighted by molar-refractivity contribution is 0.297. The summed E-state index contributed by atoms with van der Waals surface area (Å²) in [6, 6.07) is 0.183. The second-order valence-electron chi connectivity index (χ2n) is 5.75. The molecule has 0 aromatic carbocycles. The first-order valence-corrected chi connectivity index (χ1v) is 9.37. The normalized spacial score (nSPS) is 24.5. The molecule has 1 aliphatic rings. The zero-order valence-corrected chi connectivity index (χ0v) is 13.3. The topological polar surface area (TPSA) is 58.2 Å². The van der Waals surface area contributed by atoms with Gasteiger partial charge < -0.3 is 5.32 Å². The van der Waals surface area contributed by atoms with E-state index in [9.17, 15) is 8.42 Å². The van der Waals surface area contributed by atoms with Crippen molar-refractivity contribution in [2.45, 2.75) is 64.3 Å². The van der Waals surface area contributed by atoms with Gasteiger partial charge in [0.15, 0.2) is 0 Å². The molecule has 0 atom stereocenters. The molecule has 4 nitrogen and oxygen atoms in total. The zero-order chi connectivity index (χ0) is 14.1. The highest BCUT2D eigenvalue weighted by atomic mass is 32.2. The predicted molar refractivity (Wildman–Crippen MR) is 80.7 cm³/mol. The zero-order valence-electron chi connectivity index (χ0n) is 12.5. The van der Waals surface area contributed by atoms with Gasteiger partial charge in [0.25, 0.3) is 0 Å². The second kappa shape index (κ2) is 8.93. The molecule has 0 unspecified atom stereocenters. The first kappa shape index (κ1) is 16.9. The molecule has 0 aliphatic heterocycles. The lowest BCUT2D eigenvalue weighted by Crippen LogP contribution is -2.38. The Balaban J connectivity index is 2.23. The van der Waals surface area contributed by atoms with E-state index in [0.29, 0.717) is 0 Å². The average molecular weight is 290 g/mol.